The summed E-state index contributed by atoms with van der Waals surface area (Å²) < 4.78 is 18.3. The molecule has 2 atom stereocenters. The highest BCUT2D eigenvalue weighted by Gasteiger charge is 2.43. The van der Waals surface area contributed by atoms with E-state index in [4.69, 9.17) is 4.74 Å². The second-order valence-corrected chi connectivity index (χ2v) is 6.84. The van der Waals surface area contributed by atoms with Crippen LogP contribution in [0.15, 0.2) is 24.3 Å². The minimum Gasteiger partial charge on any atom is -0.480 e. The van der Waals surface area contributed by atoms with Gasteiger partial charge in [-0.3, -0.25) is 4.90 Å². The maximum absolute atomic E-state index is 13.0. The van der Waals surface area contributed by atoms with Crippen LogP contribution in [0.2, 0.25) is 0 Å². The zero-order valence-corrected chi connectivity index (χ0v) is 13.6. The van der Waals surface area contributed by atoms with Crippen LogP contribution < -0.4 is 0 Å². The van der Waals surface area contributed by atoms with Gasteiger partial charge in [0.05, 0.1) is 0 Å². The van der Waals surface area contributed by atoms with Crippen molar-refractivity contribution in [2.75, 3.05) is 6.54 Å². The quantitative estimate of drug-likeness (QED) is 0.928. The number of ether oxygens (including phenoxy) is 1. The highest BCUT2D eigenvalue weighted by molar-refractivity contribution is 5.81. The predicted molar refractivity (Wildman–Crippen MR) is 82.6 cm³/mol. The molecule has 0 radical (unpaired) electrons. The maximum Gasteiger partial charge on any atom is 0.411 e. The fourth-order valence-electron chi connectivity index (χ4n) is 2.85. The lowest BCUT2D eigenvalue weighted by Gasteiger charge is -2.28. The third kappa shape index (κ3) is 4.43. The molecule has 1 amide bonds. The molecule has 1 N–H and O–H groups in total. The molecule has 0 aliphatic carbocycles. The Kier molecular flexibility index (Phi) is 4.92. The van der Waals surface area contributed by atoms with Crippen LogP contribution in [-0.2, 0) is 16.0 Å². The molecular weight excluding hydrogens is 301 g/mol. The number of carboxylic acid groups (broad SMARTS) is 1. The molecule has 6 heteroatoms. The minimum atomic E-state index is -1.04. The summed E-state index contributed by atoms with van der Waals surface area (Å²) in [6, 6.07) is 5.07. The van der Waals surface area contributed by atoms with Gasteiger partial charge in [0.15, 0.2) is 0 Å². The molecular formula is C17H22FNO4. The van der Waals surface area contributed by atoms with E-state index >= 15 is 0 Å². The molecule has 1 aliphatic rings. The van der Waals surface area contributed by atoms with Gasteiger partial charge in [-0.25, -0.2) is 14.0 Å². The van der Waals surface area contributed by atoms with Crippen LogP contribution in [-0.4, -0.2) is 40.3 Å². The first kappa shape index (κ1) is 17.2. The van der Waals surface area contributed by atoms with Crippen LogP contribution in [0.3, 0.4) is 0 Å². The second-order valence-electron chi connectivity index (χ2n) is 6.84. The van der Waals surface area contributed by atoms with Crippen molar-refractivity contribution >= 4 is 12.1 Å². The van der Waals surface area contributed by atoms with E-state index in [-0.39, 0.29) is 11.7 Å². The number of halogens is 1. The molecule has 1 heterocycles. The van der Waals surface area contributed by atoms with Gasteiger partial charge in [0, 0.05) is 6.54 Å². The second kappa shape index (κ2) is 6.56. The van der Waals surface area contributed by atoms with Gasteiger partial charge in [0.1, 0.15) is 17.5 Å². The van der Waals surface area contributed by atoms with E-state index in [0.717, 1.165) is 5.56 Å². The first-order chi connectivity index (χ1) is 10.7. The lowest BCUT2D eigenvalue weighted by atomic mass is 9.92. The third-order valence-electron chi connectivity index (χ3n) is 3.82. The first-order valence-electron chi connectivity index (χ1n) is 7.64. The van der Waals surface area contributed by atoms with Crippen LogP contribution in [0.4, 0.5) is 9.18 Å². The minimum absolute atomic E-state index is 0.217. The third-order valence-corrected chi connectivity index (χ3v) is 3.82. The standard InChI is InChI=1S/C17H22FNO4/c1-17(2,3)23-16(22)19-9-8-12(14(19)15(20)21)10-11-4-6-13(18)7-5-11/h4-7,12,14H,8-10H2,1-3H3,(H,20,21)/t12-,14-/m0/s1. The highest BCUT2D eigenvalue weighted by Crippen LogP contribution is 2.29. The normalized spacial score (nSPS) is 21.3. The molecule has 0 saturated carbocycles. The lowest BCUT2D eigenvalue weighted by Crippen LogP contribution is -2.45. The number of rotatable bonds is 3. The zero-order chi connectivity index (χ0) is 17.2. The van der Waals surface area contributed by atoms with Crippen LogP contribution >= 0.6 is 0 Å². The summed E-state index contributed by atoms with van der Waals surface area (Å²) in [7, 11) is 0. The molecule has 1 aliphatic heterocycles. The van der Waals surface area contributed by atoms with Crippen molar-refractivity contribution in [1.82, 2.24) is 4.90 Å². The van der Waals surface area contributed by atoms with E-state index in [1.54, 1.807) is 32.9 Å². The number of carboxylic acids is 1. The Bertz CT molecular complexity index is 579. The van der Waals surface area contributed by atoms with Gasteiger partial charge in [0.25, 0.3) is 0 Å². The van der Waals surface area contributed by atoms with Gasteiger partial charge < -0.3 is 9.84 Å². The van der Waals surface area contributed by atoms with Crippen molar-refractivity contribution < 1.29 is 23.8 Å². The van der Waals surface area contributed by atoms with Crippen molar-refractivity contribution in [1.29, 1.82) is 0 Å². The highest BCUT2D eigenvalue weighted by atomic mass is 19.1. The topological polar surface area (TPSA) is 66.8 Å². The number of carbonyl (C=O) groups is 2. The molecule has 2 rings (SSSR count). The smallest absolute Gasteiger partial charge is 0.411 e. The van der Waals surface area contributed by atoms with E-state index in [1.165, 1.54) is 17.0 Å². The van der Waals surface area contributed by atoms with Gasteiger partial charge in [-0.05, 0) is 57.2 Å². The average Bonchev–Trinajstić information content (AvgIpc) is 2.83. The molecule has 1 aromatic carbocycles. The Morgan fingerprint density at radius 1 is 1.30 bits per heavy atom. The van der Waals surface area contributed by atoms with Gasteiger partial charge >= 0.3 is 12.1 Å². The van der Waals surface area contributed by atoms with Gasteiger partial charge in [-0.2, -0.15) is 0 Å². The Labute approximate surface area is 135 Å². The summed E-state index contributed by atoms with van der Waals surface area (Å²) in [5.74, 6) is -1.59. The van der Waals surface area contributed by atoms with Crippen LogP contribution in [0, 0.1) is 11.7 Å². The summed E-state index contributed by atoms with van der Waals surface area (Å²) in [6.07, 6.45) is 0.455. The molecule has 0 spiro atoms. The Hall–Kier alpha value is -2.11. The molecule has 5 nitrogen and oxygen atoms in total. The van der Waals surface area contributed by atoms with E-state index < -0.39 is 23.7 Å². The SMILES string of the molecule is CC(C)(C)OC(=O)N1CC[C@@H](Cc2ccc(F)cc2)[C@H]1C(=O)O. The van der Waals surface area contributed by atoms with E-state index in [0.29, 0.717) is 19.4 Å². The number of hydrogen-bond donors (Lipinski definition) is 1. The number of benzene rings is 1. The fraction of sp³-hybridized carbons (Fsp3) is 0.529. The number of aliphatic carboxylic acids is 1. The average molecular weight is 323 g/mol. The monoisotopic (exact) mass is 323 g/mol. The summed E-state index contributed by atoms with van der Waals surface area (Å²) >= 11 is 0. The van der Waals surface area contributed by atoms with Crippen LogP contribution in [0.25, 0.3) is 0 Å². The molecule has 1 aromatic rings. The van der Waals surface area contributed by atoms with Gasteiger partial charge in [-0.1, -0.05) is 12.1 Å². The van der Waals surface area contributed by atoms with Crippen molar-refractivity contribution in [3.05, 3.63) is 35.6 Å². The number of likely N-dealkylation sites (tertiary alicyclic amines) is 1. The number of carbonyl (C=O) groups excluding carboxylic acids is 1. The Balaban J connectivity index is 2.11. The Morgan fingerprint density at radius 2 is 1.91 bits per heavy atom. The van der Waals surface area contributed by atoms with Crippen LogP contribution in [0.1, 0.15) is 32.8 Å². The van der Waals surface area contributed by atoms with Gasteiger partial charge in [0.2, 0.25) is 0 Å². The van der Waals surface area contributed by atoms with Crippen molar-refractivity contribution in [2.45, 2.75) is 45.3 Å². The van der Waals surface area contributed by atoms with E-state index in [9.17, 15) is 19.1 Å². The summed E-state index contributed by atoms with van der Waals surface area (Å²) in [6.45, 7) is 5.57. The summed E-state index contributed by atoms with van der Waals surface area (Å²) in [4.78, 5) is 25.1. The number of nitrogens with zero attached hydrogens (tertiary/aromatic N) is 1. The molecule has 1 fully saturated rings. The molecule has 1 saturated heterocycles. The molecule has 23 heavy (non-hydrogen) atoms. The largest absolute Gasteiger partial charge is 0.480 e. The lowest BCUT2D eigenvalue weighted by molar-refractivity contribution is -0.143. The summed E-state index contributed by atoms with van der Waals surface area (Å²) in [5.41, 5.74) is 0.184. The van der Waals surface area contributed by atoms with Crippen LogP contribution in [0.5, 0.6) is 0 Å². The Morgan fingerprint density at radius 3 is 2.43 bits per heavy atom. The van der Waals surface area contributed by atoms with E-state index in [1.807, 2.05) is 0 Å². The number of hydrogen-bond acceptors (Lipinski definition) is 3. The maximum atomic E-state index is 13.0. The van der Waals surface area contributed by atoms with Crippen molar-refractivity contribution in [3.63, 3.8) is 0 Å². The molecule has 0 unspecified atom stereocenters. The summed E-state index contributed by atoms with van der Waals surface area (Å²) in [5, 5.41) is 9.51. The predicted octanol–water partition coefficient (Wildman–Crippen LogP) is 3.08. The van der Waals surface area contributed by atoms with Crippen molar-refractivity contribution in [3.8, 4) is 0 Å². The number of amides is 1. The van der Waals surface area contributed by atoms with Gasteiger partial charge in [-0.15, -0.1) is 0 Å². The van der Waals surface area contributed by atoms with Crippen molar-refractivity contribution in [2.24, 2.45) is 5.92 Å². The molecule has 0 bridgehead atoms. The zero-order valence-electron chi connectivity index (χ0n) is 13.6. The molecule has 126 valence electrons. The first-order valence-corrected chi connectivity index (χ1v) is 7.64. The fourth-order valence-corrected chi connectivity index (χ4v) is 2.85. The molecule has 0 aromatic heterocycles. The van der Waals surface area contributed by atoms with E-state index in [2.05, 4.69) is 0 Å².